The number of hydrogen-bond donors (Lipinski definition) is 1. The van der Waals surface area contributed by atoms with E-state index in [1.54, 1.807) is 16.4 Å². The van der Waals surface area contributed by atoms with E-state index in [2.05, 4.69) is 10.2 Å². The van der Waals surface area contributed by atoms with Gasteiger partial charge in [-0.1, -0.05) is 6.42 Å². The predicted octanol–water partition coefficient (Wildman–Crippen LogP) is 1.93. The van der Waals surface area contributed by atoms with Crippen molar-refractivity contribution in [1.82, 2.24) is 14.5 Å². The van der Waals surface area contributed by atoms with Crippen molar-refractivity contribution in [3.8, 4) is 0 Å². The van der Waals surface area contributed by atoms with Crippen LogP contribution in [0.2, 0.25) is 0 Å². The highest BCUT2D eigenvalue weighted by Crippen LogP contribution is 2.25. The van der Waals surface area contributed by atoms with Crippen LogP contribution in [-0.4, -0.2) is 63.3 Å². The molecule has 1 amide bonds. The molecule has 1 aromatic carbocycles. The Morgan fingerprint density at radius 3 is 2.52 bits per heavy atom. The van der Waals surface area contributed by atoms with Crippen molar-refractivity contribution in [2.24, 2.45) is 0 Å². The fourth-order valence-corrected chi connectivity index (χ4v) is 4.74. The largest absolute Gasteiger partial charge is 0.352 e. The molecule has 1 N–H and O–H groups in total. The molecular formula is C18H29N3O3S. The Morgan fingerprint density at radius 1 is 1.24 bits per heavy atom. The first-order valence-electron chi connectivity index (χ1n) is 8.87. The van der Waals surface area contributed by atoms with Crippen LogP contribution in [0.25, 0.3) is 0 Å². The number of carbonyl (C=O) groups excluding carboxylic acids is 1. The van der Waals surface area contributed by atoms with Gasteiger partial charge in [0.05, 0.1) is 4.90 Å². The molecule has 1 atom stereocenters. The Hall–Kier alpha value is -1.44. The molecule has 7 heteroatoms. The lowest BCUT2D eigenvalue weighted by atomic mass is 10.1. The number of nitrogens with zero attached hydrogens (tertiary/aromatic N) is 2. The molecule has 1 saturated heterocycles. The Morgan fingerprint density at radius 2 is 1.92 bits per heavy atom. The van der Waals surface area contributed by atoms with Crippen molar-refractivity contribution in [2.75, 3.05) is 33.7 Å². The first kappa shape index (κ1) is 19.9. The van der Waals surface area contributed by atoms with Gasteiger partial charge >= 0.3 is 0 Å². The van der Waals surface area contributed by atoms with Gasteiger partial charge in [0.1, 0.15) is 0 Å². The molecule has 0 saturated carbocycles. The van der Waals surface area contributed by atoms with Crippen LogP contribution < -0.4 is 5.32 Å². The maximum atomic E-state index is 12.8. The lowest BCUT2D eigenvalue weighted by molar-refractivity contribution is 0.0952. The molecule has 2 rings (SSSR count). The van der Waals surface area contributed by atoms with E-state index in [1.165, 1.54) is 12.1 Å². The van der Waals surface area contributed by atoms with Crippen molar-refractivity contribution < 1.29 is 13.2 Å². The van der Waals surface area contributed by atoms with Crippen molar-refractivity contribution in [3.05, 3.63) is 29.8 Å². The maximum absolute atomic E-state index is 12.8. The van der Waals surface area contributed by atoms with E-state index in [9.17, 15) is 13.2 Å². The molecule has 1 aliphatic heterocycles. The second-order valence-electron chi connectivity index (χ2n) is 6.90. The summed E-state index contributed by atoms with van der Waals surface area (Å²) in [5, 5.41) is 2.86. The minimum Gasteiger partial charge on any atom is -0.352 e. The SMILES string of the molecule is CC1CCCCN1S(=O)(=O)c1ccc(C(=O)NCCCN(C)C)cc1. The van der Waals surface area contributed by atoms with Crippen LogP contribution in [0.5, 0.6) is 0 Å². The normalized spacial score (nSPS) is 19.1. The number of nitrogens with one attached hydrogen (secondary N) is 1. The summed E-state index contributed by atoms with van der Waals surface area (Å²) < 4.78 is 27.1. The van der Waals surface area contributed by atoms with Gasteiger partial charge in [-0.2, -0.15) is 4.31 Å². The third-order valence-electron chi connectivity index (χ3n) is 4.53. The van der Waals surface area contributed by atoms with E-state index >= 15 is 0 Å². The van der Waals surface area contributed by atoms with Crippen LogP contribution >= 0.6 is 0 Å². The number of amides is 1. The Kier molecular flexibility index (Phi) is 6.98. The Bertz CT molecular complexity index is 671. The number of sulfonamides is 1. The number of benzene rings is 1. The van der Waals surface area contributed by atoms with E-state index in [-0.39, 0.29) is 16.8 Å². The average molecular weight is 368 g/mol. The molecule has 1 aliphatic rings. The zero-order chi connectivity index (χ0) is 18.4. The lowest BCUT2D eigenvalue weighted by Crippen LogP contribution is -2.41. The molecule has 1 fully saturated rings. The Labute approximate surface area is 151 Å². The quantitative estimate of drug-likeness (QED) is 0.748. The Balaban J connectivity index is 2.00. The fourth-order valence-electron chi connectivity index (χ4n) is 3.04. The molecule has 6 nitrogen and oxygen atoms in total. The minimum atomic E-state index is -3.49. The minimum absolute atomic E-state index is 0.0263. The number of rotatable bonds is 7. The zero-order valence-corrected chi connectivity index (χ0v) is 16.2. The monoisotopic (exact) mass is 367 g/mol. The molecule has 0 aliphatic carbocycles. The highest BCUT2D eigenvalue weighted by Gasteiger charge is 2.30. The van der Waals surface area contributed by atoms with E-state index in [0.29, 0.717) is 18.7 Å². The van der Waals surface area contributed by atoms with Crippen molar-refractivity contribution in [2.45, 2.75) is 43.5 Å². The summed E-state index contributed by atoms with van der Waals surface area (Å²) in [6.45, 7) is 4.03. The highest BCUT2D eigenvalue weighted by molar-refractivity contribution is 7.89. The predicted molar refractivity (Wildman–Crippen MR) is 99.2 cm³/mol. The molecule has 140 valence electrons. The van der Waals surface area contributed by atoms with Gasteiger partial charge in [0.15, 0.2) is 0 Å². The summed E-state index contributed by atoms with van der Waals surface area (Å²) in [7, 11) is 0.493. The third-order valence-corrected chi connectivity index (χ3v) is 6.56. The number of piperidine rings is 1. The van der Waals surface area contributed by atoms with Gasteiger partial charge in [-0.05, 0) is 71.1 Å². The van der Waals surface area contributed by atoms with E-state index in [4.69, 9.17) is 0 Å². The van der Waals surface area contributed by atoms with Crippen LogP contribution in [0.3, 0.4) is 0 Å². The van der Waals surface area contributed by atoms with Gasteiger partial charge in [0, 0.05) is 24.7 Å². The molecule has 0 aromatic heterocycles. The fraction of sp³-hybridized carbons (Fsp3) is 0.611. The third kappa shape index (κ3) is 5.26. The molecule has 25 heavy (non-hydrogen) atoms. The summed E-state index contributed by atoms with van der Waals surface area (Å²) in [4.78, 5) is 14.4. The van der Waals surface area contributed by atoms with Crippen LogP contribution in [0.4, 0.5) is 0 Å². The van der Waals surface area contributed by atoms with Crippen LogP contribution in [0.1, 0.15) is 43.0 Å². The number of carbonyl (C=O) groups is 1. The van der Waals surface area contributed by atoms with Gasteiger partial charge in [0.25, 0.3) is 5.91 Å². The van der Waals surface area contributed by atoms with Crippen molar-refractivity contribution in [1.29, 1.82) is 0 Å². The van der Waals surface area contributed by atoms with E-state index < -0.39 is 10.0 Å². The van der Waals surface area contributed by atoms with Gasteiger partial charge in [-0.3, -0.25) is 4.79 Å². The topological polar surface area (TPSA) is 69.7 Å². The standard InChI is InChI=1S/C18H29N3O3S/c1-15-7-4-5-14-21(15)25(23,24)17-10-8-16(9-11-17)18(22)19-12-6-13-20(2)3/h8-11,15H,4-7,12-14H2,1-3H3,(H,19,22). The highest BCUT2D eigenvalue weighted by atomic mass is 32.2. The lowest BCUT2D eigenvalue weighted by Gasteiger charge is -2.32. The molecule has 1 unspecified atom stereocenters. The van der Waals surface area contributed by atoms with Gasteiger partial charge < -0.3 is 10.2 Å². The first-order valence-corrected chi connectivity index (χ1v) is 10.3. The van der Waals surface area contributed by atoms with Crippen LogP contribution in [-0.2, 0) is 10.0 Å². The van der Waals surface area contributed by atoms with E-state index in [0.717, 1.165) is 32.2 Å². The zero-order valence-electron chi connectivity index (χ0n) is 15.4. The summed E-state index contributed by atoms with van der Waals surface area (Å²) in [6, 6.07) is 6.26. The molecule has 0 radical (unpaired) electrons. The second kappa shape index (κ2) is 8.78. The second-order valence-corrected chi connectivity index (χ2v) is 8.79. The summed E-state index contributed by atoms with van der Waals surface area (Å²) >= 11 is 0. The molecular weight excluding hydrogens is 338 g/mol. The van der Waals surface area contributed by atoms with Crippen molar-refractivity contribution in [3.63, 3.8) is 0 Å². The van der Waals surface area contributed by atoms with E-state index in [1.807, 2.05) is 21.0 Å². The average Bonchev–Trinajstić information content (AvgIpc) is 2.58. The first-order chi connectivity index (χ1) is 11.8. The number of hydrogen-bond acceptors (Lipinski definition) is 4. The maximum Gasteiger partial charge on any atom is 0.251 e. The summed E-state index contributed by atoms with van der Waals surface area (Å²) in [6.07, 6.45) is 3.74. The molecule has 0 spiro atoms. The van der Waals surface area contributed by atoms with Gasteiger partial charge in [-0.25, -0.2) is 8.42 Å². The van der Waals surface area contributed by atoms with Crippen molar-refractivity contribution >= 4 is 15.9 Å². The van der Waals surface area contributed by atoms with Gasteiger partial charge in [0.2, 0.25) is 10.0 Å². The van der Waals surface area contributed by atoms with Gasteiger partial charge in [-0.15, -0.1) is 0 Å². The smallest absolute Gasteiger partial charge is 0.251 e. The molecule has 1 heterocycles. The van der Waals surface area contributed by atoms with Crippen LogP contribution in [0, 0.1) is 0 Å². The molecule has 0 bridgehead atoms. The summed E-state index contributed by atoms with van der Waals surface area (Å²) in [5.74, 6) is -0.172. The van der Waals surface area contributed by atoms with Crippen LogP contribution in [0.15, 0.2) is 29.2 Å². The molecule has 1 aromatic rings. The summed E-state index contributed by atoms with van der Waals surface area (Å²) in [5.41, 5.74) is 0.482.